The number of thiophene rings is 1. The molecule has 1 fully saturated rings. The number of anilines is 1. The van der Waals surface area contributed by atoms with Crippen LogP contribution in [0.5, 0.6) is 5.75 Å². The Labute approximate surface area is 202 Å². The van der Waals surface area contributed by atoms with Crippen molar-refractivity contribution in [3.05, 3.63) is 65.7 Å². The van der Waals surface area contributed by atoms with Crippen LogP contribution in [0.3, 0.4) is 0 Å². The number of rotatable bonds is 8. The van der Waals surface area contributed by atoms with Crippen LogP contribution >= 0.6 is 11.3 Å². The number of aliphatic carboxylic acids is 2. The van der Waals surface area contributed by atoms with Gasteiger partial charge in [0.1, 0.15) is 0 Å². The summed E-state index contributed by atoms with van der Waals surface area (Å²) in [5, 5.41) is 19.4. The third kappa shape index (κ3) is 7.29. The highest BCUT2D eigenvalue weighted by Crippen LogP contribution is 2.27. The van der Waals surface area contributed by atoms with Gasteiger partial charge in [-0.3, -0.25) is 4.90 Å². The summed E-state index contributed by atoms with van der Waals surface area (Å²) >= 11 is 1.86. The second-order valence-corrected chi connectivity index (χ2v) is 8.64. The molecule has 0 saturated carbocycles. The number of piperazine rings is 1. The van der Waals surface area contributed by atoms with Crippen LogP contribution in [-0.2, 0) is 16.0 Å². The molecule has 1 aromatic carbocycles. The molecule has 1 saturated heterocycles. The molecule has 3 aromatic rings. The first kappa shape index (κ1) is 25.2. The molecule has 0 spiro atoms. The zero-order valence-electron chi connectivity index (χ0n) is 19.1. The summed E-state index contributed by atoms with van der Waals surface area (Å²) < 4.78 is 6.85. The second-order valence-electron chi connectivity index (χ2n) is 7.73. The van der Waals surface area contributed by atoms with Gasteiger partial charge in [-0.1, -0.05) is 18.2 Å². The number of carboxylic acid groups (broad SMARTS) is 2. The minimum Gasteiger partial charge on any atom is -0.493 e. The van der Waals surface area contributed by atoms with E-state index in [4.69, 9.17) is 14.9 Å². The van der Waals surface area contributed by atoms with E-state index in [-0.39, 0.29) is 0 Å². The lowest BCUT2D eigenvalue weighted by Crippen LogP contribution is -2.47. The fourth-order valence-electron chi connectivity index (χ4n) is 3.82. The predicted molar refractivity (Wildman–Crippen MR) is 134 cm³/mol. The van der Waals surface area contributed by atoms with Gasteiger partial charge in [0.05, 0.1) is 7.11 Å². The average molecular weight is 484 g/mol. The number of aryl methyl sites for hydroxylation is 1. The first-order valence-electron chi connectivity index (χ1n) is 11.0. The van der Waals surface area contributed by atoms with Crippen molar-refractivity contribution in [3.8, 4) is 5.75 Å². The maximum atomic E-state index is 9.55. The standard InChI is InChI=1S/C21H25N3OS.C4H4O4/c1-25-19-8-4-10-22-21(19)24-14-12-23(13-15-24)11-5-6-17-16-26-20-9-3-2-7-18(17)20;5-3(6)1-2-4(7)8/h2-4,7-10,16H,5-6,11-15H2,1H3;1-2H,(H,5,6)(H,7,8). The third-order valence-corrected chi connectivity index (χ3v) is 6.51. The number of hydrogen-bond acceptors (Lipinski definition) is 7. The molecule has 8 nitrogen and oxygen atoms in total. The summed E-state index contributed by atoms with van der Waals surface area (Å²) in [4.78, 5) is 28.5. The lowest BCUT2D eigenvalue weighted by molar-refractivity contribution is -0.134. The maximum Gasteiger partial charge on any atom is 0.328 e. The molecule has 2 N–H and O–H groups in total. The van der Waals surface area contributed by atoms with E-state index in [1.54, 1.807) is 7.11 Å². The predicted octanol–water partition coefficient (Wildman–Crippen LogP) is 3.77. The minimum atomic E-state index is -1.26. The van der Waals surface area contributed by atoms with E-state index in [2.05, 4.69) is 44.4 Å². The van der Waals surface area contributed by atoms with Gasteiger partial charge in [0, 0.05) is 49.2 Å². The van der Waals surface area contributed by atoms with E-state index < -0.39 is 11.9 Å². The summed E-state index contributed by atoms with van der Waals surface area (Å²) in [6.45, 7) is 5.36. The SMILES string of the molecule is COc1cccnc1N1CCN(CCCc2csc3ccccc23)CC1.O=C(O)C=CC(=O)O. The quantitative estimate of drug-likeness (QED) is 0.467. The Morgan fingerprint density at radius 3 is 2.44 bits per heavy atom. The molecule has 1 aliphatic heterocycles. The van der Waals surface area contributed by atoms with Crippen LogP contribution in [0.4, 0.5) is 5.82 Å². The van der Waals surface area contributed by atoms with Crippen molar-refractivity contribution >= 4 is 39.2 Å². The van der Waals surface area contributed by atoms with Gasteiger partial charge in [0.15, 0.2) is 11.6 Å². The van der Waals surface area contributed by atoms with E-state index in [1.807, 2.05) is 29.7 Å². The van der Waals surface area contributed by atoms with Crippen LogP contribution in [-0.4, -0.2) is 71.9 Å². The number of carboxylic acids is 2. The minimum absolute atomic E-state index is 0.558. The van der Waals surface area contributed by atoms with Gasteiger partial charge in [-0.2, -0.15) is 0 Å². The van der Waals surface area contributed by atoms with Gasteiger partial charge in [-0.25, -0.2) is 14.6 Å². The number of nitrogens with zero attached hydrogens (tertiary/aromatic N) is 3. The second kappa shape index (κ2) is 12.7. The van der Waals surface area contributed by atoms with Crippen LogP contribution in [0.15, 0.2) is 60.1 Å². The van der Waals surface area contributed by atoms with Crippen LogP contribution in [0.2, 0.25) is 0 Å². The van der Waals surface area contributed by atoms with Crippen molar-refractivity contribution in [1.29, 1.82) is 0 Å². The Kier molecular flexibility index (Phi) is 9.42. The van der Waals surface area contributed by atoms with Gasteiger partial charge in [0.2, 0.25) is 0 Å². The van der Waals surface area contributed by atoms with Gasteiger partial charge >= 0.3 is 11.9 Å². The molecule has 0 unspecified atom stereocenters. The maximum absolute atomic E-state index is 9.55. The van der Waals surface area contributed by atoms with Crippen molar-refractivity contribution in [2.75, 3.05) is 44.7 Å². The number of pyridine rings is 1. The fraction of sp³-hybridized carbons (Fsp3) is 0.320. The molecule has 3 heterocycles. The number of aromatic nitrogens is 1. The van der Waals surface area contributed by atoms with Crippen molar-refractivity contribution in [3.63, 3.8) is 0 Å². The van der Waals surface area contributed by atoms with E-state index in [9.17, 15) is 9.59 Å². The Hall–Kier alpha value is -3.43. The molecule has 0 amide bonds. The smallest absolute Gasteiger partial charge is 0.328 e. The highest BCUT2D eigenvalue weighted by Gasteiger charge is 2.20. The number of methoxy groups -OCH3 is 1. The topological polar surface area (TPSA) is 103 Å². The summed E-state index contributed by atoms with van der Waals surface area (Å²) in [7, 11) is 1.71. The molecule has 0 radical (unpaired) electrons. The van der Waals surface area contributed by atoms with Crippen LogP contribution in [0.1, 0.15) is 12.0 Å². The van der Waals surface area contributed by atoms with Crippen molar-refractivity contribution in [1.82, 2.24) is 9.88 Å². The molecule has 2 aromatic heterocycles. The van der Waals surface area contributed by atoms with Crippen LogP contribution in [0.25, 0.3) is 10.1 Å². The fourth-order valence-corrected chi connectivity index (χ4v) is 4.82. The normalized spacial score (nSPS) is 14.1. The number of carbonyl (C=O) groups is 2. The lowest BCUT2D eigenvalue weighted by Gasteiger charge is -2.35. The average Bonchev–Trinajstić information content (AvgIpc) is 3.27. The first-order chi connectivity index (χ1) is 16.5. The molecule has 180 valence electrons. The molecule has 0 atom stereocenters. The Bertz CT molecular complexity index is 1110. The van der Waals surface area contributed by atoms with E-state index in [0.29, 0.717) is 12.2 Å². The molecule has 1 aliphatic rings. The number of ether oxygens (including phenoxy) is 1. The van der Waals surface area contributed by atoms with Crippen molar-refractivity contribution in [2.45, 2.75) is 12.8 Å². The third-order valence-electron chi connectivity index (χ3n) is 5.49. The van der Waals surface area contributed by atoms with E-state index >= 15 is 0 Å². The lowest BCUT2D eigenvalue weighted by atomic mass is 10.1. The number of hydrogen-bond donors (Lipinski definition) is 2. The molecule has 34 heavy (non-hydrogen) atoms. The van der Waals surface area contributed by atoms with Crippen molar-refractivity contribution in [2.24, 2.45) is 0 Å². The van der Waals surface area contributed by atoms with Crippen molar-refractivity contribution < 1.29 is 24.5 Å². The monoisotopic (exact) mass is 483 g/mol. The highest BCUT2D eigenvalue weighted by molar-refractivity contribution is 7.17. The summed E-state index contributed by atoms with van der Waals surface area (Å²) in [5.74, 6) is -0.676. The molecule has 0 aliphatic carbocycles. The first-order valence-corrected chi connectivity index (χ1v) is 11.9. The van der Waals surface area contributed by atoms with Crippen LogP contribution < -0.4 is 9.64 Å². The Balaban J connectivity index is 0.000000350. The van der Waals surface area contributed by atoms with Crippen LogP contribution in [0, 0.1) is 0 Å². The molecule has 0 bridgehead atoms. The van der Waals surface area contributed by atoms with E-state index in [1.165, 1.54) is 22.1 Å². The van der Waals surface area contributed by atoms with Gasteiger partial charge < -0.3 is 19.8 Å². The molecular formula is C25H29N3O5S. The zero-order valence-corrected chi connectivity index (χ0v) is 19.9. The molecule has 4 rings (SSSR count). The zero-order chi connectivity index (χ0) is 24.3. The van der Waals surface area contributed by atoms with E-state index in [0.717, 1.165) is 50.7 Å². The number of fused-ring (bicyclic) bond motifs is 1. The molecule has 9 heteroatoms. The summed E-state index contributed by atoms with van der Waals surface area (Å²) in [6, 6.07) is 12.6. The Morgan fingerprint density at radius 1 is 1.06 bits per heavy atom. The number of benzene rings is 1. The van der Waals surface area contributed by atoms with Gasteiger partial charge in [-0.05, 0) is 53.9 Å². The summed E-state index contributed by atoms with van der Waals surface area (Å²) in [5.41, 5.74) is 1.50. The summed E-state index contributed by atoms with van der Waals surface area (Å²) in [6.07, 6.45) is 5.34. The highest BCUT2D eigenvalue weighted by atomic mass is 32.1. The molecular weight excluding hydrogens is 454 g/mol. The largest absolute Gasteiger partial charge is 0.493 e. The van der Waals surface area contributed by atoms with Gasteiger partial charge in [0.25, 0.3) is 0 Å². The Morgan fingerprint density at radius 2 is 1.76 bits per heavy atom. The van der Waals surface area contributed by atoms with Gasteiger partial charge in [-0.15, -0.1) is 11.3 Å².